The highest BCUT2D eigenvalue weighted by molar-refractivity contribution is 14.1. The monoisotopic (exact) mass is 384 g/mol. The minimum absolute atomic E-state index is 0.151. The normalized spacial score (nSPS) is 10.7. The Labute approximate surface area is 107 Å². The maximum absolute atomic E-state index is 13.5. The Morgan fingerprint density at radius 2 is 2.07 bits per heavy atom. The van der Waals surface area contributed by atoms with Crippen LogP contribution in [0.25, 0.3) is 11.3 Å². The molecule has 0 saturated heterocycles. The summed E-state index contributed by atoms with van der Waals surface area (Å²) in [7, 11) is 0. The molecule has 0 fully saturated rings. The van der Waals surface area contributed by atoms with E-state index in [1.807, 2.05) is 22.6 Å². The Balaban J connectivity index is 2.69. The minimum Gasteiger partial charge on any atom is -0.464 e. The third-order valence-electron chi connectivity index (χ3n) is 1.89. The van der Waals surface area contributed by atoms with Crippen molar-refractivity contribution >= 4 is 38.5 Å². The van der Waals surface area contributed by atoms with Crippen molar-refractivity contribution in [2.75, 3.05) is 0 Å². The van der Waals surface area contributed by atoms with Gasteiger partial charge in [-0.2, -0.15) is 0 Å². The zero-order valence-electron chi connectivity index (χ0n) is 7.23. The van der Waals surface area contributed by atoms with Gasteiger partial charge in [0, 0.05) is 5.56 Å². The third-order valence-corrected chi connectivity index (χ3v) is 3.67. The van der Waals surface area contributed by atoms with Gasteiger partial charge in [-0.05, 0) is 56.7 Å². The molecule has 1 aromatic heterocycles. The van der Waals surface area contributed by atoms with Gasteiger partial charge in [-0.15, -0.1) is 0 Å². The van der Waals surface area contributed by atoms with E-state index in [0.29, 0.717) is 14.9 Å². The molecule has 2 rings (SSSR count). The van der Waals surface area contributed by atoms with Crippen molar-refractivity contribution in [3.63, 3.8) is 0 Å². The van der Waals surface area contributed by atoms with Crippen molar-refractivity contribution in [2.45, 2.75) is 0 Å². The van der Waals surface area contributed by atoms with E-state index < -0.39 is 11.6 Å². The van der Waals surface area contributed by atoms with Gasteiger partial charge < -0.3 is 4.42 Å². The fraction of sp³-hybridized carbons (Fsp3) is 0. The van der Waals surface area contributed by atoms with Crippen LogP contribution in [0.2, 0.25) is 0 Å². The summed E-state index contributed by atoms with van der Waals surface area (Å²) in [5, 5.41) is 0. The molecule has 0 aliphatic heterocycles. The molecule has 0 aliphatic carbocycles. The van der Waals surface area contributed by atoms with Crippen molar-refractivity contribution in [1.82, 2.24) is 0 Å². The second kappa shape index (κ2) is 4.21. The molecular formula is C10H4BrF2IO. The Morgan fingerprint density at radius 1 is 1.33 bits per heavy atom. The summed E-state index contributed by atoms with van der Waals surface area (Å²) in [5.74, 6) is -0.800. The topological polar surface area (TPSA) is 13.1 Å². The first-order valence-electron chi connectivity index (χ1n) is 3.98. The predicted molar refractivity (Wildman–Crippen MR) is 64.5 cm³/mol. The van der Waals surface area contributed by atoms with E-state index in [9.17, 15) is 8.78 Å². The first-order chi connectivity index (χ1) is 7.11. The van der Waals surface area contributed by atoms with Gasteiger partial charge in [0.05, 0.1) is 14.3 Å². The van der Waals surface area contributed by atoms with Crippen LogP contribution in [0.15, 0.2) is 33.4 Å². The maximum atomic E-state index is 13.5. The SMILES string of the molecule is Fc1cc(-c2ccco2)c(I)c(F)c1Br. The van der Waals surface area contributed by atoms with Crippen LogP contribution in [-0.2, 0) is 0 Å². The van der Waals surface area contributed by atoms with Crippen LogP contribution in [0, 0.1) is 15.2 Å². The number of hydrogen-bond donors (Lipinski definition) is 0. The van der Waals surface area contributed by atoms with Crippen LogP contribution in [-0.4, -0.2) is 0 Å². The average molecular weight is 385 g/mol. The van der Waals surface area contributed by atoms with Gasteiger partial charge in [-0.25, -0.2) is 8.78 Å². The summed E-state index contributed by atoms with van der Waals surface area (Å²) in [6, 6.07) is 4.57. The molecule has 5 heteroatoms. The Hall–Kier alpha value is -0.430. The van der Waals surface area contributed by atoms with E-state index in [4.69, 9.17) is 4.42 Å². The maximum Gasteiger partial charge on any atom is 0.154 e. The van der Waals surface area contributed by atoms with Crippen LogP contribution in [0.1, 0.15) is 0 Å². The zero-order valence-corrected chi connectivity index (χ0v) is 11.0. The molecule has 1 aromatic carbocycles. The van der Waals surface area contributed by atoms with Gasteiger partial charge >= 0.3 is 0 Å². The van der Waals surface area contributed by atoms with Crippen molar-refractivity contribution in [2.24, 2.45) is 0 Å². The van der Waals surface area contributed by atoms with Crippen molar-refractivity contribution in [1.29, 1.82) is 0 Å². The van der Waals surface area contributed by atoms with Crippen molar-refractivity contribution < 1.29 is 13.2 Å². The predicted octanol–water partition coefficient (Wildman–Crippen LogP) is 4.59. The fourth-order valence-corrected chi connectivity index (χ4v) is 2.56. The molecule has 0 spiro atoms. The molecule has 0 amide bonds. The Kier molecular flexibility index (Phi) is 3.11. The number of furan rings is 1. The first-order valence-corrected chi connectivity index (χ1v) is 5.85. The van der Waals surface area contributed by atoms with Gasteiger partial charge in [0.25, 0.3) is 0 Å². The highest BCUT2D eigenvalue weighted by Crippen LogP contribution is 2.33. The number of benzene rings is 1. The molecule has 0 aliphatic rings. The first kappa shape index (κ1) is 11.1. The lowest BCUT2D eigenvalue weighted by Crippen LogP contribution is -1.92. The van der Waals surface area contributed by atoms with Crippen molar-refractivity contribution in [3.05, 3.63) is 44.1 Å². The molecule has 0 bridgehead atoms. The van der Waals surface area contributed by atoms with Crippen LogP contribution >= 0.6 is 38.5 Å². The number of rotatable bonds is 1. The van der Waals surface area contributed by atoms with Gasteiger partial charge in [0.2, 0.25) is 0 Å². The fourth-order valence-electron chi connectivity index (χ4n) is 1.18. The van der Waals surface area contributed by atoms with E-state index in [2.05, 4.69) is 15.9 Å². The lowest BCUT2D eigenvalue weighted by Gasteiger charge is -2.05. The molecule has 78 valence electrons. The standard InChI is InChI=1S/C10H4BrF2IO/c11-8-6(12)4-5(10(14)9(8)13)7-2-1-3-15-7/h1-4H. The van der Waals surface area contributed by atoms with E-state index in [1.165, 1.54) is 12.3 Å². The molecule has 0 atom stereocenters. The van der Waals surface area contributed by atoms with Crippen LogP contribution in [0.5, 0.6) is 0 Å². The smallest absolute Gasteiger partial charge is 0.154 e. The van der Waals surface area contributed by atoms with Crippen LogP contribution in [0.4, 0.5) is 8.78 Å². The third kappa shape index (κ3) is 1.94. The molecule has 2 aromatic rings. The quantitative estimate of drug-likeness (QED) is 0.398. The Morgan fingerprint density at radius 3 is 2.67 bits per heavy atom. The molecule has 1 heterocycles. The van der Waals surface area contributed by atoms with E-state index >= 15 is 0 Å². The number of halogens is 4. The zero-order chi connectivity index (χ0) is 11.0. The van der Waals surface area contributed by atoms with Crippen LogP contribution in [0.3, 0.4) is 0 Å². The van der Waals surface area contributed by atoms with Crippen LogP contribution < -0.4 is 0 Å². The van der Waals surface area contributed by atoms with Crippen molar-refractivity contribution in [3.8, 4) is 11.3 Å². The lowest BCUT2D eigenvalue weighted by molar-refractivity contribution is 0.558. The minimum atomic E-state index is -0.640. The van der Waals surface area contributed by atoms with E-state index in [-0.39, 0.29) is 4.47 Å². The summed E-state index contributed by atoms with van der Waals surface area (Å²) in [6.45, 7) is 0. The molecule has 1 nitrogen and oxygen atoms in total. The summed E-state index contributed by atoms with van der Waals surface area (Å²) in [5.41, 5.74) is 0.416. The largest absolute Gasteiger partial charge is 0.464 e. The molecule has 0 saturated carbocycles. The van der Waals surface area contributed by atoms with Gasteiger partial charge in [0.15, 0.2) is 5.82 Å². The van der Waals surface area contributed by atoms with E-state index in [0.717, 1.165) is 0 Å². The molecule has 0 radical (unpaired) electrons. The molecular weight excluding hydrogens is 381 g/mol. The van der Waals surface area contributed by atoms with E-state index in [1.54, 1.807) is 12.1 Å². The summed E-state index contributed by atoms with van der Waals surface area (Å²) >= 11 is 4.66. The highest BCUT2D eigenvalue weighted by atomic mass is 127. The molecule has 15 heavy (non-hydrogen) atoms. The number of hydrogen-bond acceptors (Lipinski definition) is 1. The molecule has 0 unspecified atom stereocenters. The second-order valence-electron chi connectivity index (χ2n) is 2.83. The highest BCUT2D eigenvalue weighted by Gasteiger charge is 2.17. The summed E-state index contributed by atoms with van der Waals surface area (Å²) < 4.78 is 32.1. The van der Waals surface area contributed by atoms with Gasteiger partial charge in [-0.1, -0.05) is 0 Å². The average Bonchev–Trinajstić information content (AvgIpc) is 2.73. The lowest BCUT2D eigenvalue weighted by atomic mass is 10.1. The molecule has 0 N–H and O–H groups in total. The summed E-state index contributed by atoms with van der Waals surface area (Å²) in [4.78, 5) is 0. The Bertz CT molecular complexity index is 497. The second-order valence-corrected chi connectivity index (χ2v) is 4.70. The summed E-state index contributed by atoms with van der Waals surface area (Å²) in [6.07, 6.45) is 1.46. The van der Waals surface area contributed by atoms with Gasteiger partial charge in [-0.3, -0.25) is 0 Å². The van der Waals surface area contributed by atoms with Gasteiger partial charge in [0.1, 0.15) is 11.6 Å².